The first-order valence-corrected chi connectivity index (χ1v) is 8.88. The molecule has 1 aromatic rings. The molecule has 0 unspecified atom stereocenters. The van der Waals surface area contributed by atoms with E-state index in [0.29, 0.717) is 4.57 Å². The maximum Gasteiger partial charge on any atom is 0.330 e. The maximum absolute atomic E-state index is 12.8. The quantitative estimate of drug-likeness (QED) is 0.594. The standard InChI is InChI=1S/C14H23N3O6S/c1-6-23-12(18)9-17(7-10(2)3)24(21,22)11-8-15(4)14(20)16(5)13(11)19/h8,10H,6-7,9H2,1-5H3. The van der Waals surface area contributed by atoms with Gasteiger partial charge in [0.15, 0.2) is 4.90 Å². The summed E-state index contributed by atoms with van der Waals surface area (Å²) in [5, 5.41) is 0. The molecule has 0 aliphatic rings. The molecule has 10 heteroatoms. The van der Waals surface area contributed by atoms with Gasteiger partial charge in [-0.3, -0.25) is 14.2 Å². The number of esters is 1. The Balaban J connectivity index is 3.43. The average molecular weight is 361 g/mol. The fourth-order valence-corrected chi connectivity index (χ4v) is 3.79. The van der Waals surface area contributed by atoms with E-state index in [2.05, 4.69) is 0 Å². The van der Waals surface area contributed by atoms with Gasteiger partial charge in [0.05, 0.1) is 6.61 Å². The van der Waals surface area contributed by atoms with E-state index in [4.69, 9.17) is 4.74 Å². The predicted molar refractivity (Wildman–Crippen MR) is 87.2 cm³/mol. The summed E-state index contributed by atoms with van der Waals surface area (Å²) in [6, 6.07) is 0. The van der Waals surface area contributed by atoms with Crippen LogP contribution in [0.2, 0.25) is 0 Å². The summed E-state index contributed by atoms with van der Waals surface area (Å²) in [6.45, 7) is 4.84. The Bertz CT molecular complexity index is 822. The van der Waals surface area contributed by atoms with E-state index in [-0.39, 0.29) is 19.1 Å². The van der Waals surface area contributed by atoms with Gasteiger partial charge in [0.1, 0.15) is 6.54 Å². The zero-order valence-corrected chi connectivity index (χ0v) is 15.3. The lowest BCUT2D eigenvalue weighted by atomic mass is 10.2. The normalized spacial score (nSPS) is 12.0. The van der Waals surface area contributed by atoms with Crippen LogP contribution in [-0.4, -0.2) is 47.5 Å². The third kappa shape index (κ3) is 4.32. The molecule has 0 aliphatic carbocycles. The van der Waals surface area contributed by atoms with Gasteiger partial charge >= 0.3 is 11.7 Å². The van der Waals surface area contributed by atoms with Crippen molar-refractivity contribution in [3.05, 3.63) is 27.0 Å². The van der Waals surface area contributed by atoms with Crippen LogP contribution < -0.4 is 11.2 Å². The summed E-state index contributed by atoms with van der Waals surface area (Å²) in [7, 11) is -1.72. The van der Waals surface area contributed by atoms with Crippen LogP contribution in [0.25, 0.3) is 0 Å². The second-order valence-corrected chi connectivity index (χ2v) is 7.65. The average Bonchev–Trinajstić information content (AvgIpc) is 2.47. The van der Waals surface area contributed by atoms with E-state index >= 15 is 0 Å². The number of rotatable bonds is 7. The first-order chi connectivity index (χ1) is 11.0. The molecule has 0 saturated heterocycles. The molecular formula is C14H23N3O6S. The third-order valence-electron chi connectivity index (χ3n) is 3.21. The zero-order chi connectivity index (χ0) is 18.7. The molecule has 0 fully saturated rings. The van der Waals surface area contributed by atoms with Gasteiger partial charge in [0, 0.05) is 26.8 Å². The van der Waals surface area contributed by atoms with Crippen LogP contribution in [0.1, 0.15) is 20.8 Å². The summed E-state index contributed by atoms with van der Waals surface area (Å²) in [4.78, 5) is 35.1. The van der Waals surface area contributed by atoms with Crippen LogP contribution in [0, 0.1) is 5.92 Å². The Kier molecular flexibility index (Phi) is 6.50. The van der Waals surface area contributed by atoms with Crippen molar-refractivity contribution in [3.8, 4) is 0 Å². The Morgan fingerprint density at radius 2 is 1.88 bits per heavy atom. The number of hydrogen-bond donors (Lipinski definition) is 0. The van der Waals surface area contributed by atoms with Crippen LogP contribution >= 0.6 is 0 Å². The van der Waals surface area contributed by atoms with Crippen LogP contribution in [0.15, 0.2) is 20.7 Å². The Hall–Kier alpha value is -1.94. The third-order valence-corrected chi connectivity index (χ3v) is 5.01. The summed E-state index contributed by atoms with van der Waals surface area (Å²) < 4.78 is 33.1. The molecule has 1 rings (SSSR count). The summed E-state index contributed by atoms with van der Waals surface area (Å²) in [6.07, 6.45) is 0.971. The molecule has 0 aliphatic heterocycles. The zero-order valence-electron chi connectivity index (χ0n) is 14.5. The molecule has 136 valence electrons. The smallest absolute Gasteiger partial charge is 0.330 e. The lowest BCUT2D eigenvalue weighted by Crippen LogP contribution is -2.45. The molecule has 1 aromatic heterocycles. The molecule has 0 N–H and O–H groups in total. The minimum atomic E-state index is -4.26. The van der Waals surface area contributed by atoms with Crippen LogP contribution in [0.5, 0.6) is 0 Å². The largest absolute Gasteiger partial charge is 0.465 e. The molecular weight excluding hydrogens is 338 g/mol. The summed E-state index contributed by atoms with van der Waals surface area (Å²) >= 11 is 0. The Morgan fingerprint density at radius 1 is 1.29 bits per heavy atom. The van der Waals surface area contributed by atoms with E-state index in [9.17, 15) is 22.8 Å². The fourth-order valence-electron chi connectivity index (χ4n) is 2.10. The van der Waals surface area contributed by atoms with Crippen molar-refractivity contribution >= 4 is 16.0 Å². The summed E-state index contributed by atoms with van der Waals surface area (Å²) in [5.74, 6) is -0.783. The number of aromatic nitrogens is 2. The molecule has 0 bridgehead atoms. The second kappa shape index (κ2) is 7.75. The van der Waals surface area contributed by atoms with Crippen molar-refractivity contribution in [2.45, 2.75) is 25.7 Å². The van der Waals surface area contributed by atoms with E-state index in [0.717, 1.165) is 15.1 Å². The first-order valence-electron chi connectivity index (χ1n) is 7.44. The van der Waals surface area contributed by atoms with Crippen molar-refractivity contribution in [1.82, 2.24) is 13.4 Å². The minimum absolute atomic E-state index is 0.0349. The molecule has 24 heavy (non-hydrogen) atoms. The van der Waals surface area contributed by atoms with E-state index in [1.54, 1.807) is 20.8 Å². The van der Waals surface area contributed by atoms with Crippen molar-refractivity contribution < 1.29 is 17.9 Å². The van der Waals surface area contributed by atoms with Gasteiger partial charge in [-0.15, -0.1) is 0 Å². The highest BCUT2D eigenvalue weighted by Gasteiger charge is 2.31. The van der Waals surface area contributed by atoms with Gasteiger partial charge in [-0.2, -0.15) is 4.31 Å². The molecule has 0 atom stereocenters. The van der Waals surface area contributed by atoms with E-state index in [1.807, 2.05) is 0 Å². The number of carbonyl (C=O) groups excluding carboxylic acids is 1. The van der Waals surface area contributed by atoms with E-state index in [1.165, 1.54) is 14.1 Å². The highest BCUT2D eigenvalue weighted by molar-refractivity contribution is 7.89. The molecule has 9 nitrogen and oxygen atoms in total. The van der Waals surface area contributed by atoms with Crippen LogP contribution in [0.4, 0.5) is 0 Å². The number of ether oxygens (including phenoxy) is 1. The molecule has 0 radical (unpaired) electrons. The highest BCUT2D eigenvalue weighted by atomic mass is 32.2. The predicted octanol–water partition coefficient (Wildman–Crippen LogP) is -0.706. The van der Waals surface area contributed by atoms with Crippen LogP contribution in [0.3, 0.4) is 0 Å². The van der Waals surface area contributed by atoms with Crippen molar-refractivity contribution in [2.24, 2.45) is 20.0 Å². The topological polar surface area (TPSA) is 108 Å². The highest BCUT2D eigenvalue weighted by Crippen LogP contribution is 2.13. The molecule has 1 heterocycles. The number of sulfonamides is 1. The fraction of sp³-hybridized carbons (Fsp3) is 0.643. The van der Waals surface area contributed by atoms with Gasteiger partial charge < -0.3 is 9.30 Å². The van der Waals surface area contributed by atoms with Gasteiger partial charge in [0.25, 0.3) is 15.6 Å². The van der Waals surface area contributed by atoms with Crippen molar-refractivity contribution in [1.29, 1.82) is 0 Å². The number of carbonyl (C=O) groups is 1. The molecule has 0 saturated carbocycles. The van der Waals surface area contributed by atoms with E-state index < -0.39 is 38.7 Å². The molecule has 0 amide bonds. The number of hydrogen-bond acceptors (Lipinski definition) is 6. The monoisotopic (exact) mass is 361 g/mol. The Labute approximate surface area is 140 Å². The lowest BCUT2D eigenvalue weighted by molar-refractivity contribution is -0.143. The number of aryl methyl sites for hydroxylation is 1. The van der Waals surface area contributed by atoms with Crippen molar-refractivity contribution in [3.63, 3.8) is 0 Å². The number of nitrogens with zero attached hydrogens (tertiary/aromatic N) is 3. The van der Waals surface area contributed by atoms with Crippen LogP contribution in [-0.2, 0) is 33.7 Å². The lowest BCUT2D eigenvalue weighted by Gasteiger charge is -2.23. The summed E-state index contributed by atoms with van der Waals surface area (Å²) in [5.41, 5.74) is -1.57. The molecule has 0 spiro atoms. The molecule has 0 aromatic carbocycles. The first kappa shape index (κ1) is 20.1. The maximum atomic E-state index is 12.8. The minimum Gasteiger partial charge on any atom is -0.465 e. The van der Waals surface area contributed by atoms with Gasteiger partial charge in [-0.25, -0.2) is 13.2 Å². The van der Waals surface area contributed by atoms with Crippen molar-refractivity contribution in [2.75, 3.05) is 19.7 Å². The van der Waals surface area contributed by atoms with Gasteiger partial charge in [-0.1, -0.05) is 13.8 Å². The Morgan fingerprint density at radius 3 is 2.38 bits per heavy atom. The van der Waals surface area contributed by atoms with Gasteiger partial charge in [0.2, 0.25) is 0 Å². The second-order valence-electron chi connectivity index (χ2n) is 5.75. The van der Waals surface area contributed by atoms with Gasteiger partial charge in [-0.05, 0) is 12.8 Å². The SMILES string of the molecule is CCOC(=O)CN(CC(C)C)S(=O)(=O)c1cn(C)c(=O)n(C)c1=O.